The highest BCUT2D eigenvalue weighted by atomic mass is 16.2. The van der Waals surface area contributed by atoms with Crippen LogP contribution in [0.15, 0.2) is 0 Å². The zero-order valence-corrected chi connectivity index (χ0v) is 10.5. The number of hydrogen-bond acceptors (Lipinski definition) is 2. The number of nitrogens with one attached hydrogen (secondary N) is 1. The Morgan fingerprint density at radius 3 is 1.57 bits per heavy atom. The van der Waals surface area contributed by atoms with E-state index in [-0.39, 0.29) is 16.9 Å². The Hall–Kier alpha value is -0.570. The minimum Gasteiger partial charge on any atom is -0.349 e. The van der Waals surface area contributed by atoms with E-state index in [1.165, 1.54) is 0 Å². The number of carbonyl (C=O) groups excluding carboxylic acids is 1. The van der Waals surface area contributed by atoms with Gasteiger partial charge < -0.3 is 11.1 Å². The maximum absolute atomic E-state index is 11.7. The van der Waals surface area contributed by atoms with Crippen molar-refractivity contribution in [1.29, 1.82) is 0 Å². The molecule has 0 bridgehead atoms. The van der Waals surface area contributed by atoms with Crippen LogP contribution >= 0.6 is 0 Å². The van der Waals surface area contributed by atoms with Crippen molar-refractivity contribution in [2.75, 3.05) is 0 Å². The summed E-state index contributed by atoms with van der Waals surface area (Å²) in [6, 6.07) is 0. The number of nitrogens with two attached hydrogens (primary N) is 1. The number of amides is 1. The summed E-state index contributed by atoms with van der Waals surface area (Å²) >= 11 is 0. The zero-order chi connectivity index (χ0) is 11.8. The van der Waals surface area contributed by atoms with E-state index in [1.54, 1.807) is 13.8 Å². The molecule has 0 aromatic rings. The van der Waals surface area contributed by atoms with Crippen LogP contribution in [0.2, 0.25) is 0 Å². The average molecular weight is 200 g/mol. The minimum absolute atomic E-state index is 0.00785. The Kier molecular flexibility index (Phi) is 3.39. The number of hydrogen-bond donors (Lipinski definition) is 2. The molecule has 1 amide bonds. The monoisotopic (exact) mass is 200 g/mol. The van der Waals surface area contributed by atoms with E-state index in [2.05, 4.69) is 26.1 Å². The summed E-state index contributed by atoms with van der Waals surface area (Å²) in [5, 5.41) is 2.97. The first kappa shape index (κ1) is 13.4. The van der Waals surface area contributed by atoms with Crippen molar-refractivity contribution in [2.24, 2.45) is 11.1 Å². The Balaban J connectivity index is 4.62. The van der Waals surface area contributed by atoms with Gasteiger partial charge >= 0.3 is 0 Å². The second-order valence-corrected chi connectivity index (χ2v) is 6.05. The molecule has 3 heteroatoms. The van der Waals surface area contributed by atoms with Crippen LogP contribution in [0.5, 0.6) is 0 Å². The molecule has 3 N–H and O–H groups in total. The SMILES string of the molecule is CC(C)(N)C(=O)NC(C)(C)C(C)(C)C. The molecule has 0 unspecified atom stereocenters. The fourth-order valence-corrected chi connectivity index (χ4v) is 0.632. The highest BCUT2D eigenvalue weighted by Crippen LogP contribution is 2.29. The molecule has 0 aliphatic heterocycles. The normalized spacial score (nSPS) is 14.0. The maximum atomic E-state index is 11.7. The van der Waals surface area contributed by atoms with Crippen molar-refractivity contribution < 1.29 is 4.79 Å². The van der Waals surface area contributed by atoms with Gasteiger partial charge in [-0.15, -0.1) is 0 Å². The molecule has 84 valence electrons. The van der Waals surface area contributed by atoms with E-state index in [1.807, 2.05) is 13.8 Å². The molecular weight excluding hydrogens is 176 g/mol. The molecule has 0 aromatic heterocycles. The molecule has 0 aliphatic rings. The van der Waals surface area contributed by atoms with Crippen LogP contribution in [-0.4, -0.2) is 17.0 Å². The highest BCUT2D eigenvalue weighted by Gasteiger charge is 2.36. The topological polar surface area (TPSA) is 55.1 Å². The van der Waals surface area contributed by atoms with E-state index in [4.69, 9.17) is 5.73 Å². The standard InChI is InChI=1S/C11H24N2O/c1-9(2,3)11(6,7)13-8(14)10(4,5)12/h12H2,1-7H3,(H,13,14). The van der Waals surface area contributed by atoms with Gasteiger partial charge in [0.15, 0.2) is 0 Å². The van der Waals surface area contributed by atoms with Crippen molar-refractivity contribution in [3.8, 4) is 0 Å². The van der Waals surface area contributed by atoms with Crippen LogP contribution in [0.3, 0.4) is 0 Å². The lowest BCUT2D eigenvalue weighted by atomic mass is 9.76. The summed E-state index contributed by atoms with van der Waals surface area (Å²) in [7, 11) is 0. The molecule has 0 aliphatic carbocycles. The molecule has 0 atom stereocenters. The third-order valence-corrected chi connectivity index (χ3v) is 2.89. The average Bonchev–Trinajstić information content (AvgIpc) is 1.80. The molecule has 0 spiro atoms. The molecule has 14 heavy (non-hydrogen) atoms. The quantitative estimate of drug-likeness (QED) is 0.712. The highest BCUT2D eigenvalue weighted by molar-refractivity contribution is 5.85. The van der Waals surface area contributed by atoms with Crippen molar-refractivity contribution in [2.45, 2.75) is 59.5 Å². The van der Waals surface area contributed by atoms with Gasteiger partial charge in [-0.1, -0.05) is 20.8 Å². The molecular formula is C11H24N2O. The summed E-state index contributed by atoms with van der Waals surface area (Å²) in [4.78, 5) is 11.7. The van der Waals surface area contributed by atoms with E-state index < -0.39 is 5.54 Å². The Bertz CT molecular complexity index is 218. The van der Waals surface area contributed by atoms with Gasteiger partial charge in [0.2, 0.25) is 5.91 Å². The third-order valence-electron chi connectivity index (χ3n) is 2.89. The first-order chi connectivity index (χ1) is 5.88. The maximum Gasteiger partial charge on any atom is 0.239 e. The fraction of sp³-hybridized carbons (Fsp3) is 0.909. The van der Waals surface area contributed by atoms with Gasteiger partial charge in [0, 0.05) is 5.54 Å². The second kappa shape index (κ2) is 3.54. The van der Waals surface area contributed by atoms with E-state index >= 15 is 0 Å². The van der Waals surface area contributed by atoms with E-state index in [0.29, 0.717) is 0 Å². The van der Waals surface area contributed by atoms with Crippen molar-refractivity contribution in [3.63, 3.8) is 0 Å². The van der Waals surface area contributed by atoms with Crippen LogP contribution in [0.25, 0.3) is 0 Å². The van der Waals surface area contributed by atoms with Crippen molar-refractivity contribution in [1.82, 2.24) is 5.32 Å². The molecule has 0 heterocycles. The van der Waals surface area contributed by atoms with Gasteiger partial charge in [0.1, 0.15) is 0 Å². The zero-order valence-electron chi connectivity index (χ0n) is 10.5. The van der Waals surface area contributed by atoms with Crippen LogP contribution in [0.1, 0.15) is 48.5 Å². The predicted molar refractivity (Wildman–Crippen MR) is 59.9 cm³/mol. The van der Waals surface area contributed by atoms with Crippen molar-refractivity contribution in [3.05, 3.63) is 0 Å². The molecule has 0 saturated heterocycles. The molecule has 0 saturated carbocycles. The summed E-state index contributed by atoms with van der Waals surface area (Å²) in [5.41, 5.74) is 4.65. The summed E-state index contributed by atoms with van der Waals surface area (Å²) in [5.74, 6) is -0.113. The van der Waals surface area contributed by atoms with Crippen molar-refractivity contribution >= 4 is 5.91 Å². The molecule has 0 aromatic carbocycles. The van der Waals surface area contributed by atoms with Gasteiger partial charge in [0.25, 0.3) is 0 Å². The number of rotatable bonds is 2. The molecule has 0 radical (unpaired) electrons. The lowest BCUT2D eigenvalue weighted by Crippen LogP contribution is -2.59. The van der Waals surface area contributed by atoms with Gasteiger partial charge in [-0.05, 0) is 33.1 Å². The largest absolute Gasteiger partial charge is 0.349 e. The first-order valence-electron chi connectivity index (χ1n) is 4.99. The third kappa shape index (κ3) is 3.29. The summed E-state index contributed by atoms with van der Waals surface area (Å²) in [6.07, 6.45) is 0. The van der Waals surface area contributed by atoms with Crippen LogP contribution in [0.4, 0.5) is 0 Å². The molecule has 0 rings (SSSR count). The number of carbonyl (C=O) groups is 1. The lowest BCUT2D eigenvalue weighted by Gasteiger charge is -2.41. The smallest absolute Gasteiger partial charge is 0.239 e. The van der Waals surface area contributed by atoms with Gasteiger partial charge in [-0.2, -0.15) is 0 Å². The van der Waals surface area contributed by atoms with Gasteiger partial charge in [-0.25, -0.2) is 0 Å². The first-order valence-corrected chi connectivity index (χ1v) is 4.99. The van der Waals surface area contributed by atoms with Gasteiger partial charge in [0.05, 0.1) is 5.54 Å². The van der Waals surface area contributed by atoms with Gasteiger partial charge in [-0.3, -0.25) is 4.79 Å². The van der Waals surface area contributed by atoms with Crippen LogP contribution < -0.4 is 11.1 Å². The van der Waals surface area contributed by atoms with E-state index in [0.717, 1.165) is 0 Å². The Morgan fingerprint density at radius 2 is 1.36 bits per heavy atom. The van der Waals surface area contributed by atoms with E-state index in [9.17, 15) is 4.79 Å². The second-order valence-electron chi connectivity index (χ2n) is 6.05. The molecule has 3 nitrogen and oxygen atoms in total. The van der Waals surface area contributed by atoms with Crippen LogP contribution in [0, 0.1) is 5.41 Å². The minimum atomic E-state index is -0.817. The Morgan fingerprint density at radius 1 is 1.00 bits per heavy atom. The summed E-state index contributed by atoms with van der Waals surface area (Å²) < 4.78 is 0. The fourth-order valence-electron chi connectivity index (χ4n) is 0.632. The predicted octanol–water partition coefficient (Wildman–Crippen LogP) is 1.66. The summed E-state index contributed by atoms with van der Waals surface area (Å²) in [6.45, 7) is 13.7. The van der Waals surface area contributed by atoms with Crippen LogP contribution in [-0.2, 0) is 4.79 Å². The molecule has 0 fully saturated rings. The lowest BCUT2D eigenvalue weighted by molar-refractivity contribution is -0.128. The Labute approximate surface area is 87.4 Å².